The first-order valence-electron chi connectivity index (χ1n) is 15.0. The topological polar surface area (TPSA) is 126 Å². The molecule has 1 saturated carbocycles. The SMILES string of the molecule is C=C(/C=C\C(=NC)OC)[C@H](c1ccc(Cl)cc1)[C@H](N)C(=O)N[C@H]1CCCC[C@@H]1CC[C@H]1CN[C@@H]2CCCS(=O)(=O)N1C2. The number of nitrogens with zero attached hydrogens (tertiary/aromatic N) is 2. The Hall–Kier alpha value is -2.24. The number of rotatable bonds is 10. The maximum atomic E-state index is 13.7. The van der Waals surface area contributed by atoms with Crippen molar-refractivity contribution in [3.05, 3.63) is 59.2 Å². The number of carbonyl (C=O) groups is 1. The zero-order valence-electron chi connectivity index (χ0n) is 24.8. The number of aliphatic imine (C=N–C) groups is 1. The average Bonchev–Trinajstić information content (AvgIpc) is 3.09. The lowest BCUT2D eigenvalue weighted by molar-refractivity contribution is -0.124. The Bertz CT molecular complexity index is 1250. The van der Waals surface area contributed by atoms with Gasteiger partial charge in [0.15, 0.2) is 0 Å². The summed E-state index contributed by atoms with van der Waals surface area (Å²) in [6.07, 6.45) is 10.8. The van der Waals surface area contributed by atoms with Crippen molar-refractivity contribution in [3.63, 3.8) is 0 Å². The maximum absolute atomic E-state index is 13.7. The van der Waals surface area contributed by atoms with Crippen LogP contribution >= 0.6 is 11.6 Å². The zero-order valence-corrected chi connectivity index (χ0v) is 26.4. The molecule has 4 N–H and O–H groups in total. The Morgan fingerprint density at radius 2 is 1.95 bits per heavy atom. The van der Waals surface area contributed by atoms with Crippen molar-refractivity contribution < 1.29 is 17.9 Å². The van der Waals surface area contributed by atoms with Crippen LogP contribution in [0.15, 0.2) is 53.6 Å². The molecule has 9 nitrogen and oxygen atoms in total. The fourth-order valence-corrected chi connectivity index (χ4v) is 8.60. The van der Waals surface area contributed by atoms with Crippen molar-refractivity contribution >= 4 is 33.4 Å². The molecular weight excluding hydrogens is 574 g/mol. The number of nitrogens with one attached hydrogen (secondary N) is 2. The van der Waals surface area contributed by atoms with Gasteiger partial charge in [0.25, 0.3) is 0 Å². The third kappa shape index (κ3) is 8.23. The number of nitrogens with two attached hydrogens (primary N) is 1. The molecule has 4 rings (SSSR count). The third-order valence-electron chi connectivity index (χ3n) is 9.03. The predicted molar refractivity (Wildman–Crippen MR) is 169 cm³/mol. The fraction of sp³-hybridized carbons (Fsp3) is 0.613. The first-order chi connectivity index (χ1) is 20.1. The standard InChI is InChI=1S/C31H46ClN5O4S/c1-21(10-17-28(34-2)41-3)29(23-11-14-24(32)15-12-23)30(33)31(38)36-27-9-5-4-7-22(27)13-16-26-19-35-25-8-6-18-42(39,40)37(26)20-25/h10-12,14-15,17,22,25-27,29-30,35H,1,4-9,13,16,18-20,33H2,2-3H3,(H,36,38)/b17-10-,34-28?/t22-,25-,26+,27+,29-,30+/m1/s1. The second-order valence-corrected chi connectivity index (χ2v) is 14.2. The fourth-order valence-electron chi connectivity index (χ4n) is 6.66. The highest BCUT2D eigenvalue weighted by Crippen LogP contribution is 2.33. The second kappa shape index (κ2) is 15.0. The Morgan fingerprint density at radius 1 is 1.21 bits per heavy atom. The monoisotopic (exact) mass is 619 g/mol. The molecule has 42 heavy (non-hydrogen) atoms. The van der Waals surface area contributed by atoms with E-state index in [4.69, 9.17) is 22.1 Å². The van der Waals surface area contributed by atoms with Crippen LogP contribution in [-0.2, 0) is 19.6 Å². The van der Waals surface area contributed by atoms with Gasteiger partial charge in [-0.15, -0.1) is 0 Å². The number of amides is 1. The van der Waals surface area contributed by atoms with Crippen LogP contribution in [0.5, 0.6) is 0 Å². The predicted octanol–water partition coefficient (Wildman–Crippen LogP) is 3.76. The first kappa shape index (κ1) is 32.7. The Kier molecular flexibility index (Phi) is 11.6. The molecule has 3 aliphatic rings. The highest BCUT2D eigenvalue weighted by atomic mass is 35.5. The average molecular weight is 620 g/mol. The van der Waals surface area contributed by atoms with Gasteiger partial charge in [-0.25, -0.2) is 8.42 Å². The number of halogens is 1. The second-order valence-electron chi connectivity index (χ2n) is 11.8. The van der Waals surface area contributed by atoms with E-state index in [9.17, 15) is 13.2 Å². The largest absolute Gasteiger partial charge is 0.481 e. The number of piperazine rings is 1. The summed E-state index contributed by atoms with van der Waals surface area (Å²) in [7, 11) is -0.0509. The van der Waals surface area contributed by atoms with Crippen LogP contribution in [0.2, 0.25) is 5.02 Å². The Balaban J connectivity index is 1.45. The van der Waals surface area contributed by atoms with Crippen LogP contribution in [-0.4, -0.2) is 81.7 Å². The third-order valence-corrected chi connectivity index (χ3v) is 11.2. The van der Waals surface area contributed by atoms with Crippen LogP contribution in [0.1, 0.15) is 62.8 Å². The van der Waals surface area contributed by atoms with Gasteiger partial charge >= 0.3 is 0 Å². The molecule has 0 spiro atoms. The number of methoxy groups -OCH3 is 1. The molecule has 2 bridgehead atoms. The number of hydrogen-bond acceptors (Lipinski definition) is 7. The van der Waals surface area contributed by atoms with Crippen LogP contribution in [0.3, 0.4) is 0 Å². The van der Waals surface area contributed by atoms with Gasteiger partial charge < -0.3 is 21.1 Å². The number of ether oxygens (including phenoxy) is 1. The smallest absolute Gasteiger partial charge is 0.238 e. The van der Waals surface area contributed by atoms with Gasteiger partial charge in [-0.1, -0.05) is 49.2 Å². The molecule has 1 aromatic carbocycles. The Morgan fingerprint density at radius 3 is 2.67 bits per heavy atom. The molecule has 2 heterocycles. The normalized spacial score (nSPS) is 29.3. The lowest BCUT2D eigenvalue weighted by Gasteiger charge is -2.39. The van der Waals surface area contributed by atoms with E-state index in [2.05, 4.69) is 22.2 Å². The van der Waals surface area contributed by atoms with Gasteiger partial charge in [0, 0.05) is 55.3 Å². The minimum atomic E-state index is -3.23. The van der Waals surface area contributed by atoms with E-state index in [1.165, 1.54) is 0 Å². The summed E-state index contributed by atoms with van der Waals surface area (Å²) >= 11 is 6.14. The van der Waals surface area contributed by atoms with Crippen LogP contribution < -0.4 is 16.4 Å². The number of benzene rings is 1. The van der Waals surface area contributed by atoms with Gasteiger partial charge in [0.05, 0.1) is 18.9 Å². The minimum Gasteiger partial charge on any atom is -0.481 e. The first-order valence-corrected chi connectivity index (χ1v) is 17.0. The molecule has 232 valence electrons. The minimum absolute atomic E-state index is 0.00988. The lowest BCUT2D eigenvalue weighted by atomic mass is 9.80. The molecule has 7 atom stereocenters. The highest BCUT2D eigenvalue weighted by molar-refractivity contribution is 7.89. The molecule has 1 aliphatic carbocycles. The Labute approximate surface area is 256 Å². The number of allylic oxidation sites excluding steroid dienone is 1. The van der Waals surface area contributed by atoms with Gasteiger partial charge in [-0.3, -0.25) is 9.79 Å². The van der Waals surface area contributed by atoms with Crippen molar-refractivity contribution in [2.75, 3.05) is 33.0 Å². The van der Waals surface area contributed by atoms with Crippen LogP contribution in [0.4, 0.5) is 0 Å². The van der Waals surface area contributed by atoms with Crippen molar-refractivity contribution in [3.8, 4) is 0 Å². The molecule has 3 fully saturated rings. The summed E-state index contributed by atoms with van der Waals surface area (Å²) in [5.41, 5.74) is 8.17. The van der Waals surface area contributed by atoms with Gasteiger partial charge in [-0.2, -0.15) is 4.31 Å². The molecule has 1 unspecified atom stereocenters. The van der Waals surface area contributed by atoms with E-state index in [0.717, 1.165) is 50.5 Å². The molecule has 0 aromatic heterocycles. The van der Waals surface area contributed by atoms with Gasteiger partial charge in [-0.05, 0) is 67.7 Å². The van der Waals surface area contributed by atoms with Gasteiger partial charge in [0.1, 0.15) is 0 Å². The maximum Gasteiger partial charge on any atom is 0.238 e. The van der Waals surface area contributed by atoms with Crippen LogP contribution in [0, 0.1) is 5.92 Å². The summed E-state index contributed by atoms with van der Waals surface area (Å²) in [4.78, 5) is 17.8. The zero-order chi connectivity index (χ0) is 30.3. The molecule has 0 radical (unpaired) electrons. The van der Waals surface area contributed by atoms with E-state index in [1.54, 1.807) is 42.7 Å². The molecular formula is C31H46ClN5O4S. The quantitative estimate of drug-likeness (QED) is 0.208. The van der Waals surface area contributed by atoms with Gasteiger partial charge in [0.2, 0.25) is 21.8 Å². The molecule has 2 aliphatic heterocycles. The summed E-state index contributed by atoms with van der Waals surface area (Å²) in [5, 5.41) is 7.44. The van der Waals surface area contributed by atoms with Crippen LogP contribution in [0.25, 0.3) is 0 Å². The van der Waals surface area contributed by atoms with E-state index in [1.807, 2.05) is 12.1 Å². The molecule has 11 heteroatoms. The van der Waals surface area contributed by atoms with Crippen molar-refractivity contribution in [1.82, 2.24) is 14.9 Å². The summed E-state index contributed by atoms with van der Waals surface area (Å²) in [6.45, 7) is 5.48. The summed E-state index contributed by atoms with van der Waals surface area (Å²) in [6, 6.07) is 6.61. The number of fused-ring (bicyclic) bond motifs is 2. The molecule has 2 saturated heterocycles. The van der Waals surface area contributed by atoms with Crippen molar-refractivity contribution in [2.24, 2.45) is 16.6 Å². The van der Waals surface area contributed by atoms with E-state index < -0.39 is 22.0 Å². The number of sulfonamides is 1. The highest BCUT2D eigenvalue weighted by Gasteiger charge is 2.39. The van der Waals surface area contributed by atoms with Crippen molar-refractivity contribution in [2.45, 2.75) is 81.5 Å². The van der Waals surface area contributed by atoms with E-state index >= 15 is 0 Å². The lowest BCUT2D eigenvalue weighted by Crippen LogP contribution is -2.57. The molecule has 1 amide bonds. The number of carbonyl (C=O) groups excluding carboxylic acids is 1. The molecule has 1 aromatic rings. The summed E-state index contributed by atoms with van der Waals surface area (Å²) < 4.78 is 32.8. The summed E-state index contributed by atoms with van der Waals surface area (Å²) in [5.74, 6) is 0.226. The number of hydrogen-bond donors (Lipinski definition) is 3. The van der Waals surface area contributed by atoms with Crippen molar-refractivity contribution in [1.29, 1.82) is 0 Å². The van der Waals surface area contributed by atoms with E-state index in [0.29, 0.717) is 36.0 Å². The van der Waals surface area contributed by atoms with E-state index in [-0.39, 0.29) is 35.7 Å².